The molecule has 1 heterocycles. The maximum absolute atomic E-state index is 12.1. The van der Waals surface area contributed by atoms with E-state index in [0.29, 0.717) is 24.7 Å². The van der Waals surface area contributed by atoms with Gasteiger partial charge >= 0.3 is 0 Å². The molecule has 6 heteroatoms. The van der Waals surface area contributed by atoms with Crippen molar-refractivity contribution in [1.82, 2.24) is 15.5 Å². The van der Waals surface area contributed by atoms with E-state index in [1.165, 1.54) is 0 Å². The van der Waals surface area contributed by atoms with Gasteiger partial charge in [0.2, 0.25) is 11.8 Å². The van der Waals surface area contributed by atoms with E-state index in [1.54, 1.807) is 6.92 Å². The van der Waals surface area contributed by atoms with Gasteiger partial charge in [0, 0.05) is 19.5 Å². The van der Waals surface area contributed by atoms with Gasteiger partial charge in [0.05, 0.1) is 5.92 Å². The Bertz CT molecular complexity index is 553. The molecule has 106 valence electrons. The second-order valence-corrected chi connectivity index (χ2v) is 4.48. The summed E-state index contributed by atoms with van der Waals surface area (Å²) in [7, 11) is 0. The Morgan fingerprint density at radius 2 is 2.15 bits per heavy atom. The number of carbonyl (C=O) groups excluding carboxylic acids is 1. The van der Waals surface area contributed by atoms with Crippen LogP contribution in [-0.4, -0.2) is 29.1 Å². The van der Waals surface area contributed by atoms with Gasteiger partial charge in [-0.3, -0.25) is 4.79 Å². The molecule has 20 heavy (non-hydrogen) atoms. The van der Waals surface area contributed by atoms with Gasteiger partial charge in [0.25, 0.3) is 0 Å². The number of amides is 1. The van der Waals surface area contributed by atoms with E-state index in [-0.39, 0.29) is 18.4 Å². The topological polar surface area (TPSA) is 94.0 Å². The predicted molar refractivity (Wildman–Crippen MR) is 74.0 cm³/mol. The molecule has 1 aromatic heterocycles. The number of carbonyl (C=O) groups is 1. The van der Waals surface area contributed by atoms with Crippen molar-refractivity contribution in [3.63, 3.8) is 0 Å². The summed E-state index contributed by atoms with van der Waals surface area (Å²) in [4.78, 5) is 16.2. The molecule has 0 saturated heterocycles. The molecule has 1 unspecified atom stereocenters. The van der Waals surface area contributed by atoms with Crippen molar-refractivity contribution >= 4 is 5.91 Å². The van der Waals surface area contributed by atoms with Crippen molar-refractivity contribution in [2.24, 2.45) is 5.73 Å². The van der Waals surface area contributed by atoms with Crippen molar-refractivity contribution in [3.8, 4) is 0 Å². The van der Waals surface area contributed by atoms with Crippen LogP contribution in [0.3, 0.4) is 0 Å². The predicted octanol–water partition coefficient (Wildman–Crippen LogP) is 0.779. The van der Waals surface area contributed by atoms with Gasteiger partial charge in [-0.1, -0.05) is 35.5 Å². The van der Waals surface area contributed by atoms with Gasteiger partial charge in [0.15, 0.2) is 5.82 Å². The van der Waals surface area contributed by atoms with Crippen molar-refractivity contribution in [1.29, 1.82) is 0 Å². The third-order valence-electron chi connectivity index (χ3n) is 2.96. The van der Waals surface area contributed by atoms with Crippen molar-refractivity contribution in [2.75, 3.05) is 13.1 Å². The molecule has 0 aliphatic rings. The van der Waals surface area contributed by atoms with E-state index in [2.05, 4.69) is 15.5 Å². The summed E-state index contributed by atoms with van der Waals surface area (Å²) < 4.78 is 4.98. The van der Waals surface area contributed by atoms with E-state index in [4.69, 9.17) is 10.3 Å². The van der Waals surface area contributed by atoms with Crippen LogP contribution in [0.4, 0.5) is 0 Å². The van der Waals surface area contributed by atoms with Gasteiger partial charge in [-0.15, -0.1) is 0 Å². The molecule has 2 rings (SSSR count). The van der Waals surface area contributed by atoms with Gasteiger partial charge in [-0.25, -0.2) is 0 Å². The average Bonchev–Trinajstić information content (AvgIpc) is 2.86. The van der Waals surface area contributed by atoms with E-state index in [1.807, 2.05) is 30.3 Å². The lowest BCUT2D eigenvalue weighted by atomic mass is 9.98. The first kappa shape index (κ1) is 14.2. The lowest BCUT2D eigenvalue weighted by molar-refractivity contribution is -0.122. The van der Waals surface area contributed by atoms with Gasteiger partial charge < -0.3 is 15.6 Å². The maximum atomic E-state index is 12.1. The highest BCUT2D eigenvalue weighted by Gasteiger charge is 2.18. The number of nitrogens with two attached hydrogens (primary N) is 1. The minimum atomic E-state index is -0.333. The Kier molecular flexibility index (Phi) is 4.84. The van der Waals surface area contributed by atoms with Crippen molar-refractivity contribution < 1.29 is 9.32 Å². The van der Waals surface area contributed by atoms with Gasteiger partial charge in [-0.2, -0.15) is 4.98 Å². The normalized spacial score (nSPS) is 12.1. The van der Waals surface area contributed by atoms with Crippen LogP contribution in [0, 0.1) is 6.92 Å². The molecule has 0 radical (unpaired) electrons. The number of nitrogens with one attached hydrogen (secondary N) is 1. The third-order valence-corrected chi connectivity index (χ3v) is 2.96. The highest BCUT2D eigenvalue weighted by Crippen LogP contribution is 2.13. The summed E-state index contributed by atoms with van der Waals surface area (Å²) in [5.41, 5.74) is 6.61. The molecule has 1 aromatic carbocycles. The van der Waals surface area contributed by atoms with Crippen LogP contribution in [0.15, 0.2) is 34.9 Å². The Morgan fingerprint density at radius 1 is 1.40 bits per heavy atom. The zero-order chi connectivity index (χ0) is 14.4. The monoisotopic (exact) mass is 274 g/mol. The van der Waals surface area contributed by atoms with Gasteiger partial charge in [-0.05, 0) is 12.5 Å². The minimum absolute atomic E-state index is 0.0880. The Labute approximate surface area is 117 Å². The van der Waals surface area contributed by atoms with E-state index in [0.717, 1.165) is 5.56 Å². The number of hydrogen-bond donors (Lipinski definition) is 2. The molecule has 2 aromatic rings. The summed E-state index contributed by atoms with van der Waals surface area (Å²) >= 11 is 0. The molecule has 0 aliphatic heterocycles. The van der Waals surface area contributed by atoms with E-state index < -0.39 is 0 Å². The summed E-state index contributed by atoms with van der Waals surface area (Å²) in [6.45, 7) is 2.48. The minimum Gasteiger partial charge on any atom is -0.355 e. The fourth-order valence-electron chi connectivity index (χ4n) is 1.94. The standard InChI is InChI=1S/C14H18N4O2/c1-10-17-13(20-18-10)7-8-16-14(19)12(9-15)11-5-3-2-4-6-11/h2-6,12H,7-9,15H2,1H3,(H,16,19). The second kappa shape index (κ2) is 6.81. The van der Waals surface area contributed by atoms with Crippen molar-refractivity contribution in [2.45, 2.75) is 19.3 Å². The molecular formula is C14H18N4O2. The number of benzene rings is 1. The first-order valence-corrected chi connectivity index (χ1v) is 6.52. The Balaban J connectivity index is 1.87. The van der Waals surface area contributed by atoms with Crippen LogP contribution < -0.4 is 11.1 Å². The fourth-order valence-corrected chi connectivity index (χ4v) is 1.94. The van der Waals surface area contributed by atoms with Crippen LogP contribution in [0.2, 0.25) is 0 Å². The third kappa shape index (κ3) is 3.64. The molecule has 1 atom stereocenters. The smallest absolute Gasteiger partial charge is 0.228 e. The van der Waals surface area contributed by atoms with Crippen LogP contribution in [0.25, 0.3) is 0 Å². The molecule has 0 fully saturated rings. The van der Waals surface area contributed by atoms with E-state index in [9.17, 15) is 4.79 Å². The van der Waals surface area contributed by atoms with Crippen LogP contribution in [-0.2, 0) is 11.2 Å². The lowest BCUT2D eigenvalue weighted by Gasteiger charge is -2.14. The summed E-state index contributed by atoms with van der Waals surface area (Å²) in [6.07, 6.45) is 0.513. The highest BCUT2D eigenvalue weighted by molar-refractivity contribution is 5.83. The highest BCUT2D eigenvalue weighted by atomic mass is 16.5. The van der Waals surface area contributed by atoms with Crippen LogP contribution in [0.5, 0.6) is 0 Å². The summed E-state index contributed by atoms with van der Waals surface area (Å²) in [6, 6.07) is 9.50. The number of aromatic nitrogens is 2. The number of hydrogen-bond acceptors (Lipinski definition) is 5. The zero-order valence-corrected chi connectivity index (χ0v) is 11.4. The average molecular weight is 274 g/mol. The summed E-state index contributed by atoms with van der Waals surface area (Å²) in [5.74, 6) is 0.692. The largest absolute Gasteiger partial charge is 0.355 e. The first-order valence-electron chi connectivity index (χ1n) is 6.52. The summed E-state index contributed by atoms with van der Waals surface area (Å²) in [5, 5.41) is 6.54. The molecular weight excluding hydrogens is 256 g/mol. The fraction of sp³-hybridized carbons (Fsp3) is 0.357. The Morgan fingerprint density at radius 3 is 2.75 bits per heavy atom. The van der Waals surface area contributed by atoms with Crippen LogP contribution in [0.1, 0.15) is 23.2 Å². The molecule has 3 N–H and O–H groups in total. The molecule has 1 amide bonds. The van der Waals surface area contributed by atoms with E-state index >= 15 is 0 Å². The number of aryl methyl sites for hydroxylation is 1. The van der Waals surface area contributed by atoms with Gasteiger partial charge in [0.1, 0.15) is 0 Å². The SMILES string of the molecule is Cc1noc(CCNC(=O)C(CN)c2ccccc2)n1. The second-order valence-electron chi connectivity index (χ2n) is 4.48. The Hall–Kier alpha value is -2.21. The molecule has 6 nitrogen and oxygen atoms in total. The molecule has 0 aliphatic carbocycles. The quantitative estimate of drug-likeness (QED) is 0.811. The maximum Gasteiger partial charge on any atom is 0.228 e. The van der Waals surface area contributed by atoms with Crippen molar-refractivity contribution in [3.05, 3.63) is 47.6 Å². The molecule has 0 bridgehead atoms. The number of rotatable bonds is 6. The molecule has 0 saturated carbocycles. The van der Waals surface area contributed by atoms with Crippen LogP contribution >= 0.6 is 0 Å². The lowest BCUT2D eigenvalue weighted by Crippen LogP contribution is -2.34. The zero-order valence-electron chi connectivity index (χ0n) is 11.4. The number of nitrogens with zero attached hydrogens (tertiary/aromatic N) is 2. The molecule has 0 spiro atoms. The first-order chi connectivity index (χ1) is 9.70.